The van der Waals surface area contributed by atoms with Gasteiger partial charge in [-0.15, -0.1) is 11.3 Å². The van der Waals surface area contributed by atoms with Gasteiger partial charge in [-0.05, 0) is 55.1 Å². The van der Waals surface area contributed by atoms with Crippen molar-refractivity contribution < 1.29 is 9.59 Å². The Morgan fingerprint density at radius 1 is 1.44 bits per heavy atom. The van der Waals surface area contributed by atoms with Gasteiger partial charge in [-0.2, -0.15) is 0 Å². The fraction of sp³-hybridized carbons (Fsp3) is 0.294. The van der Waals surface area contributed by atoms with Crippen molar-refractivity contribution >= 4 is 45.5 Å². The summed E-state index contributed by atoms with van der Waals surface area (Å²) >= 11 is 6.70. The quantitative estimate of drug-likeness (QED) is 0.717. The molecule has 2 heterocycles. The first kappa shape index (κ1) is 17.5. The molecule has 0 bridgehead atoms. The number of amides is 2. The van der Waals surface area contributed by atoms with Crippen molar-refractivity contribution in [2.24, 2.45) is 11.7 Å². The average Bonchev–Trinajstić information content (AvgIpc) is 2.92. The second-order valence-corrected chi connectivity index (χ2v) is 7.58. The molecule has 8 heteroatoms. The van der Waals surface area contributed by atoms with Crippen LogP contribution in [0, 0.1) is 5.92 Å². The van der Waals surface area contributed by atoms with Crippen molar-refractivity contribution in [1.29, 1.82) is 0 Å². The number of fused-ring (bicyclic) bond motifs is 1. The maximum absolute atomic E-state index is 12.1. The van der Waals surface area contributed by atoms with Gasteiger partial charge in [0.25, 0.3) is 11.8 Å². The van der Waals surface area contributed by atoms with Crippen LogP contribution < -0.4 is 16.4 Å². The lowest BCUT2D eigenvalue weighted by molar-refractivity contribution is 0.0975. The molecule has 1 aliphatic carbocycles. The number of hydrogen-bond acceptors (Lipinski definition) is 5. The number of nitrogens with one attached hydrogen (secondary N) is 2. The Bertz CT molecular complexity index is 833. The monoisotopic (exact) mass is 374 g/mol. The minimum absolute atomic E-state index is 0.128. The van der Waals surface area contributed by atoms with Crippen LogP contribution in [0.15, 0.2) is 24.5 Å². The zero-order chi connectivity index (χ0) is 18.0. The first-order valence-corrected chi connectivity index (χ1v) is 9.15. The maximum atomic E-state index is 12.1. The molecule has 130 valence electrons. The van der Waals surface area contributed by atoms with Crippen molar-refractivity contribution in [2.45, 2.75) is 26.2 Å². The summed E-state index contributed by atoms with van der Waals surface area (Å²) in [5.41, 5.74) is 7.48. The number of anilines is 1. The number of thiocarbonyl (C=S) groups is 1. The van der Waals surface area contributed by atoms with Gasteiger partial charge in [-0.25, -0.2) is 0 Å². The van der Waals surface area contributed by atoms with E-state index in [1.807, 2.05) is 0 Å². The molecule has 1 aliphatic rings. The zero-order valence-corrected chi connectivity index (χ0v) is 15.3. The van der Waals surface area contributed by atoms with E-state index in [4.69, 9.17) is 18.0 Å². The number of pyridine rings is 1. The predicted molar refractivity (Wildman–Crippen MR) is 102 cm³/mol. The number of nitrogens with zero attached hydrogens (tertiary/aromatic N) is 1. The number of primary amides is 1. The highest BCUT2D eigenvalue weighted by atomic mass is 32.1. The van der Waals surface area contributed by atoms with E-state index in [2.05, 4.69) is 22.5 Å². The van der Waals surface area contributed by atoms with E-state index in [9.17, 15) is 9.59 Å². The zero-order valence-electron chi connectivity index (χ0n) is 13.7. The fourth-order valence-corrected chi connectivity index (χ4v) is 4.59. The lowest BCUT2D eigenvalue weighted by Crippen LogP contribution is -2.34. The van der Waals surface area contributed by atoms with Crippen LogP contribution in [-0.2, 0) is 12.8 Å². The summed E-state index contributed by atoms with van der Waals surface area (Å²) < 4.78 is 0. The maximum Gasteiger partial charge on any atom is 0.258 e. The first-order chi connectivity index (χ1) is 12.0. The van der Waals surface area contributed by atoms with Crippen LogP contribution in [0.1, 0.15) is 44.5 Å². The Kier molecular flexibility index (Phi) is 5.10. The largest absolute Gasteiger partial charge is 0.365 e. The van der Waals surface area contributed by atoms with Gasteiger partial charge >= 0.3 is 0 Å². The second-order valence-electron chi connectivity index (χ2n) is 6.07. The SMILES string of the molecule is C[C@@H]1CCc2c(sc(NC(=S)NC(=O)c3cccnc3)c2C(N)=O)C1. The summed E-state index contributed by atoms with van der Waals surface area (Å²) in [6, 6.07) is 3.32. The van der Waals surface area contributed by atoms with Gasteiger partial charge < -0.3 is 11.1 Å². The molecule has 1 atom stereocenters. The summed E-state index contributed by atoms with van der Waals surface area (Å²) in [4.78, 5) is 29.1. The highest BCUT2D eigenvalue weighted by Gasteiger charge is 2.27. The Balaban J connectivity index is 1.77. The van der Waals surface area contributed by atoms with Gasteiger partial charge in [-0.3, -0.25) is 19.9 Å². The van der Waals surface area contributed by atoms with Gasteiger partial charge in [0.1, 0.15) is 5.00 Å². The van der Waals surface area contributed by atoms with E-state index in [0.29, 0.717) is 22.0 Å². The molecular formula is C17H18N4O2S2. The standard InChI is InChI=1S/C17H18N4O2S2/c1-9-4-5-11-12(7-9)25-16(13(11)14(18)22)21-17(24)20-15(23)10-3-2-6-19-8-10/h2-3,6,8-9H,4-5,7H2,1H3,(H2,18,22)(H2,20,21,23,24)/t9-/m1/s1. The number of aromatic nitrogens is 1. The van der Waals surface area contributed by atoms with Gasteiger partial charge in [0.2, 0.25) is 0 Å². The number of carbonyl (C=O) groups excluding carboxylic acids is 2. The fourth-order valence-electron chi connectivity index (χ4n) is 2.91. The van der Waals surface area contributed by atoms with Gasteiger partial charge in [0.15, 0.2) is 5.11 Å². The summed E-state index contributed by atoms with van der Waals surface area (Å²) in [5, 5.41) is 6.29. The molecule has 0 unspecified atom stereocenters. The Labute approximate surface area is 154 Å². The van der Waals surface area contributed by atoms with Crippen molar-refractivity contribution in [3.05, 3.63) is 46.1 Å². The summed E-state index contributed by atoms with van der Waals surface area (Å²) in [6.45, 7) is 2.19. The third kappa shape index (κ3) is 3.85. The third-order valence-electron chi connectivity index (χ3n) is 4.14. The number of rotatable bonds is 3. The van der Waals surface area contributed by atoms with E-state index in [1.165, 1.54) is 17.5 Å². The van der Waals surface area contributed by atoms with Crippen LogP contribution in [0.5, 0.6) is 0 Å². The Morgan fingerprint density at radius 3 is 2.92 bits per heavy atom. The normalized spacial score (nSPS) is 16.0. The van der Waals surface area contributed by atoms with Gasteiger partial charge in [0.05, 0.1) is 11.1 Å². The summed E-state index contributed by atoms with van der Waals surface area (Å²) in [6.07, 6.45) is 5.84. The molecule has 0 radical (unpaired) electrons. The topological polar surface area (TPSA) is 97.1 Å². The molecule has 0 saturated heterocycles. The summed E-state index contributed by atoms with van der Waals surface area (Å²) in [7, 11) is 0. The molecule has 2 aromatic heterocycles. The molecule has 2 amide bonds. The van der Waals surface area contributed by atoms with Crippen molar-refractivity contribution in [1.82, 2.24) is 10.3 Å². The Morgan fingerprint density at radius 2 is 2.24 bits per heavy atom. The van der Waals surface area contributed by atoms with E-state index in [-0.39, 0.29) is 11.0 Å². The lowest BCUT2D eigenvalue weighted by Gasteiger charge is -2.18. The number of thiophene rings is 1. The van der Waals surface area contributed by atoms with Gasteiger partial charge in [-0.1, -0.05) is 6.92 Å². The molecule has 4 N–H and O–H groups in total. The molecule has 3 rings (SSSR count). The van der Waals surface area contributed by atoms with E-state index in [0.717, 1.165) is 29.7 Å². The molecule has 0 aromatic carbocycles. The number of hydrogen-bond donors (Lipinski definition) is 3. The molecule has 0 aliphatic heterocycles. The van der Waals surface area contributed by atoms with E-state index in [1.54, 1.807) is 18.3 Å². The molecule has 0 spiro atoms. The van der Waals surface area contributed by atoms with Crippen molar-refractivity contribution in [2.75, 3.05) is 5.32 Å². The molecule has 2 aromatic rings. The molecule has 0 saturated carbocycles. The van der Waals surface area contributed by atoms with Crippen LogP contribution in [-0.4, -0.2) is 21.9 Å². The van der Waals surface area contributed by atoms with Gasteiger partial charge in [0, 0.05) is 17.3 Å². The smallest absolute Gasteiger partial charge is 0.258 e. The van der Waals surface area contributed by atoms with Crippen molar-refractivity contribution in [3.8, 4) is 0 Å². The summed E-state index contributed by atoms with van der Waals surface area (Å²) in [5.74, 6) is -0.255. The van der Waals surface area contributed by atoms with Crippen LogP contribution in [0.25, 0.3) is 0 Å². The van der Waals surface area contributed by atoms with Crippen LogP contribution in [0.2, 0.25) is 0 Å². The van der Waals surface area contributed by atoms with Crippen LogP contribution in [0.3, 0.4) is 0 Å². The minimum atomic E-state index is -0.476. The minimum Gasteiger partial charge on any atom is -0.365 e. The van der Waals surface area contributed by atoms with E-state index < -0.39 is 5.91 Å². The van der Waals surface area contributed by atoms with Crippen LogP contribution in [0.4, 0.5) is 5.00 Å². The number of nitrogens with two attached hydrogens (primary N) is 1. The highest BCUT2D eigenvalue weighted by molar-refractivity contribution is 7.80. The van der Waals surface area contributed by atoms with E-state index >= 15 is 0 Å². The third-order valence-corrected chi connectivity index (χ3v) is 5.51. The lowest BCUT2D eigenvalue weighted by atomic mass is 9.88. The average molecular weight is 374 g/mol. The molecule has 0 fully saturated rings. The van der Waals surface area contributed by atoms with Crippen molar-refractivity contribution in [3.63, 3.8) is 0 Å². The second kappa shape index (κ2) is 7.28. The highest BCUT2D eigenvalue weighted by Crippen LogP contribution is 2.39. The van der Waals surface area contributed by atoms with Crippen LogP contribution >= 0.6 is 23.6 Å². The first-order valence-electron chi connectivity index (χ1n) is 7.92. The molecule has 6 nitrogen and oxygen atoms in total. The molecular weight excluding hydrogens is 356 g/mol. The Hall–Kier alpha value is -2.32. The number of carbonyl (C=O) groups is 2. The molecule has 25 heavy (non-hydrogen) atoms. The predicted octanol–water partition coefficient (Wildman–Crippen LogP) is 2.49.